The molecule has 3 heteroatoms. The third-order valence-corrected chi connectivity index (χ3v) is 3.42. The molecule has 0 aromatic heterocycles. The summed E-state index contributed by atoms with van der Waals surface area (Å²) in [5.74, 6) is 0.0196. The highest BCUT2D eigenvalue weighted by molar-refractivity contribution is 6.31. The van der Waals surface area contributed by atoms with E-state index in [0.717, 1.165) is 11.1 Å². The fraction of sp³-hybridized carbons (Fsp3) is 0.235. The average molecular weight is 289 g/mol. The third-order valence-electron chi connectivity index (χ3n) is 3.05. The van der Waals surface area contributed by atoms with Gasteiger partial charge in [-0.05, 0) is 24.1 Å². The van der Waals surface area contributed by atoms with E-state index in [1.165, 1.54) is 0 Å². The van der Waals surface area contributed by atoms with Crippen molar-refractivity contribution in [2.75, 3.05) is 6.61 Å². The molecule has 0 saturated carbocycles. The lowest BCUT2D eigenvalue weighted by Crippen LogP contribution is -2.18. The van der Waals surface area contributed by atoms with Gasteiger partial charge in [-0.3, -0.25) is 4.79 Å². The van der Waals surface area contributed by atoms with Crippen molar-refractivity contribution < 1.29 is 9.53 Å². The smallest absolute Gasteiger partial charge is 0.170 e. The Bertz CT molecular complexity index is 566. The van der Waals surface area contributed by atoms with Crippen LogP contribution >= 0.6 is 11.6 Å². The van der Waals surface area contributed by atoms with Crippen LogP contribution in [0.1, 0.15) is 24.2 Å². The number of ether oxygens (including phenoxy) is 1. The Morgan fingerprint density at radius 2 is 1.75 bits per heavy atom. The van der Waals surface area contributed by atoms with Crippen LogP contribution in [-0.2, 0) is 16.0 Å². The van der Waals surface area contributed by atoms with Crippen LogP contribution in [0.5, 0.6) is 0 Å². The topological polar surface area (TPSA) is 26.3 Å². The van der Waals surface area contributed by atoms with Gasteiger partial charge in [0.25, 0.3) is 0 Å². The fourth-order valence-corrected chi connectivity index (χ4v) is 2.29. The summed E-state index contributed by atoms with van der Waals surface area (Å²) in [5.41, 5.74) is 1.71. The first-order valence-electron chi connectivity index (χ1n) is 6.65. The van der Waals surface area contributed by atoms with E-state index >= 15 is 0 Å². The van der Waals surface area contributed by atoms with Crippen molar-refractivity contribution in [2.45, 2.75) is 19.4 Å². The van der Waals surface area contributed by atoms with Crippen molar-refractivity contribution >= 4 is 17.4 Å². The molecule has 0 bridgehead atoms. The quantitative estimate of drug-likeness (QED) is 0.795. The van der Waals surface area contributed by atoms with Gasteiger partial charge >= 0.3 is 0 Å². The molecule has 1 atom stereocenters. The molecule has 0 heterocycles. The van der Waals surface area contributed by atoms with Gasteiger partial charge in [0.05, 0.1) is 0 Å². The lowest BCUT2D eigenvalue weighted by molar-refractivity contribution is -0.130. The van der Waals surface area contributed by atoms with E-state index in [9.17, 15) is 4.79 Å². The predicted octanol–water partition coefficient (Wildman–Crippen LogP) is 4.23. The normalized spacial score (nSPS) is 12.1. The van der Waals surface area contributed by atoms with Crippen LogP contribution in [0.25, 0.3) is 0 Å². The summed E-state index contributed by atoms with van der Waals surface area (Å²) >= 11 is 6.10. The van der Waals surface area contributed by atoms with E-state index in [4.69, 9.17) is 16.3 Å². The molecular formula is C17H17ClO2. The van der Waals surface area contributed by atoms with Crippen molar-refractivity contribution in [3.05, 3.63) is 70.7 Å². The van der Waals surface area contributed by atoms with Crippen molar-refractivity contribution in [1.29, 1.82) is 0 Å². The highest BCUT2D eigenvalue weighted by Gasteiger charge is 2.21. The van der Waals surface area contributed by atoms with Gasteiger partial charge < -0.3 is 4.74 Å². The monoisotopic (exact) mass is 288 g/mol. The molecule has 2 rings (SSSR count). The molecule has 0 N–H and O–H groups in total. The average Bonchev–Trinajstić information content (AvgIpc) is 2.48. The number of benzene rings is 2. The first kappa shape index (κ1) is 14.8. The number of carbonyl (C=O) groups is 1. The molecule has 0 aliphatic rings. The Kier molecular flexibility index (Phi) is 5.33. The van der Waals surface area contributed by atoms with Crippen LogP contribution in [0.3, 0.4) is 0 Å². The van der Waals surface area contributed by atoms with Crippen LogP contribution in [-0.4, -0.2) is 12.4 Å². The molecule has 20 heavy (non-hydrogen) atoms. The molecule has 2 nitrogen and oxygen atoms in total. The number of carbonyl (C=O) groups excluding carboxylic acids is 1. The number of ketones is 1. The minimum absolute atomic E-state index is 0.0196. The predicted molar refractivity (Wildman–Crippen MR) is 81.0 cm³/mol. The molecule has 2 aromatic rings. The standard InChI is InChI=1S/C17H17ClO2/c1-2-20-17(13-8-4-3-5-9-13)16(19)12-14-10-6-7-11-15(14)18/h3-11,17H,2,12H2,1H3. The van der Waals surface area contributed by atoms with Gasteiger partial charge in [0.2, 0.25) is 0 Å². The van der Waals surface area contributed by atoms with Gasteiger partial charge in [0, 0.05) is 18.1 Å². The number of halogens is 1. The molecule has 1 unspecified atom stereocenters. The molecule has 0 aliphatic heterocycles. The van der Waals surface area contributed by atoms with Gasteiger partial charge in [0.1, 0.15) is 6.10 Å². The van der Waals surface area contributed by atoms with Gasteiger partial charge in [-0.2, -0.15) is 0 Å². The maximum absolute atomic E-state index is 12.5. The van der Waals surface area contributed by atoms with E-state index < -0.39 is 6.10 Å². The first-order valence-corrected chi connectivity index (χ1v) is 7.03. The summed E-state index contributed by atoms with van der Waals surface area (Å²) in [4.78, 5) is 12.5. The highest BCUT2D eigenvalue weighted by atomic mass is 35.5. The minimum Gasteiger partial charge on any atom is -0.366 e. The van der Waals surface area contributed by atoms with Crippen LogP contribution < -0.4 is 0 Å². The summed E-state index contributed by atoms with van der Waals surface area (Å²) in [6, 6.07) is 17.0. The van der Waals surface area contributed by atoms with E-state index in [1.54, 1.807) is 6.07 Å². The minimum atomic E-state index is -0.530. The second-order valence-electron chi connectivity index (χ2n) is 4.48. The van der Waals surface area contributed by atoms with E-state index in [2.05, 4.69) is 0 Å². The maximum Gasteiger partial charge on any atom is 0.170 e. The van der Waals surface area contributed by atoms with Crippen LogP contribution in [0.2, 0.25) is 5.02 Å². The van der Waals surface area contributed by atoms with Gasteiger partial charge in [-0.25, -0.2) is 0 Å². The number of Topliss-reactive ketones (excluding diaryl/α,β-unsaturated/α-hetero) is 1. The van der Waals surface area contributed by atoms with Crippen LogP contribution in [0, 0.1) is 0 Å². The van der Waals surface area contributed by atoms with Crippen molar-refractivity contribution in [3.63, 3.8) is 0 Å². The van der Waals surface area contributed by atoms with Crippen molar-refractivity contribution in [1.82, 2.24) is 0 Å². The molecule has 0 radical (unpaired) electrons. The lowest BCUT2D eigenvalue weighted by Gasteiger charge is -2.16. The summed E-state index contributed by atoms with van der Waals surface area (Å²) < 4.78 is 5.61. The molecule has 0 aliphatic carbocycles. The molecule has 104 valence electrons. The highest BCUT2D eigenvalue weighted by Crippen LogP contribution is 2.23. The summed E-state index contributed by atoms with van der Waals surface area (Å²) in [5, 5.41) is 0.615. The van der Waals surface area contributed by atoms with E-state index in [0.29, 0.717) is 11.6 Å². The SMILES string of the molecule is CCOC(C(=O)Cc1ccccc1Cl)c1ccccc1. The number of hydrogen-bond donors (Lipinski definition) is 0. The zero-order chi connectivity index (χ0) is 14.4. The third kappa shape index (κ3) is 3.69. The second-order valence-corrected chi connectivity index (χ2v) is 4.89. The van der Waals surface area contributed by atoms with Crippen molar-refractivity contribution in [2.24, 2.45) is 0 Å². The Balaban J connectivity index is 2.18. The lowest BCUT2D eigenvalue weighted by atomic mass is 10.00. The van der Waals surface area contributed by atoms with Crippen LogP contribution in [0.4, 0.5) is 0 Å². The van der Waals surface area contributed by atoms with Crippen LogP contribution in [0.15, 0.2) is 54.6 Å². The number of hydrogen-bond acceptors (Lipinski definition) is 2. The molecule has 0 amide bonds. The zero-order valence-corrected chi connectivity index (χ0v) is 12.1. The Hall–Kier alpha value is -1.64. The molecule has 0 fully saturated rings. The van der Waals surface area contributed by atoms with Gasteiger partial charge in [-0.15, -0.1) is 0 Å². The van der Waals surface area contributed by atoms with E-state index in [-0.39, 0.29) is 12.2 Å². The zero-order valence-electron chi connectivity index (χ0n) is 11.4. The molecule has 2 aromatic carbocycles. The molecule has 0 saturated heterocycles. The first-order chi connectivity index (χ1) is 9.72. The van der Waals surface area contributed by atoms with Crippen molar-refractivity contribution in [3.8, 4) is 0 Å². The van der Waals surface area contributed by atoms with E-state index in [1.807, 2.05) is 55.5 Å². The summed E-state index contributed by atoms with van der Waals surface area (Å²) in [6.45, 7) is 2.38. The van der Waals surface area contributed by atoms with Gasteiger partial charge in [0.15, 0.2) is 5.78 Å². The molecule has 0 spiro atoms. The summed E-state index contributed by atoms with van der Waals surface area (Å²) in [6.07, 6.45) is -0.253. The largest absolute Gasteiger partial charge is 0.366 e. The Morgan fingerprint density at radius 3 is 2.40 bits per heavy atom. The Labute approximate surface area is 124 Å². The van der Waals surface area contributed by atoms with Gasteiger partial charge in [-0.1, -0.05) is 60.1 Å². The fourth-order valence-electron chi connectivity index (χ4n) is 2.09. The molecular weight excluding hydrogens is 272 g/mol. The summed E-state index contributed by atoms with van der Waals surface area (Å²) in [7, 11) is 0. The maximum atomic E-state index is 12.5. The number of rotatable bonds is 6. The Morgan fingerprint density at radius 1 is 1.10 bits per heavy atom. The second kappa shape index (κ2) is 7.22.